The SMILES string of the molecule is Cc1cccc(OS(=O)(=O)c2ccc(F)cc2)c1C. The molecule has 0 unspecified atom stereocenters. The van der Waals surface area contributed by atoms with Crippen LogP contribution >= 0.6 is 0 Å². The molecular formula is C14H13FO3S. The first kappa shape index (κ1) is 13.5. The van der Waals surface area contributed by atoms with E-state index in [9.17, 15) is 12.8 Å². The maximum Gasteiger partial charge on any atom is 0.339 e. The van der Waals surface area contributed by atoms with Gasteiger partial charge in [0.05, 0.1) is 0 Å². The Morgan fingerprint density at radius 3 is 2.26 bits per heavy atom. The zero-order valence-electron chi connectivity index (χ0n) is 10.6. The van der Waals surface area contributed by atoms with Crippen molar-refractivity contribution in [1.29, 1.82) is 0 Å². The third-order valence-corrected chi connectivity index (χ3v) is 4.11. The minimum absolute atomic E-state index is 0.0743. The van der Waals surface area contributed by atoms with Crippen molar-refractivity contribution in [3.8, 4) is 5.75 Å². The van der Waals surface area contributed by atoms with Gasteiger partial charge in [-0.1, -0.05) is 12.1 Å². The first-order chi connectivity index (χ1) is 8.90. The molecule has 0 heterocycles. The van der Waals surface area contributed by atoms with Gasteiger partial charge in [-0.2, -0.15) is 8.42 Å². The minimum atomic E-state index is -3.94. The summed E-state index contributed by atoms with van der Waals surface area (Å²) < 4.78 is 41.9. The fourth-order valence-electron chi connectivity index (χ4n) is 1.58. The molecule has 0 aromatic heterocycles. The summed E-state index contributed by atoms with van der Waals surface area (Å²) in [6.07, 6.45) is 0. The van der Waals surface area contributed by atoms with Crippen molar-refractivity contribution in [2.45, 2.75) is 18.7 Å². The summed E-state index contributed by atoms with van der Waals surface area (Å²) in [7, 11) is -3.94. The van der Waals surface area contributed by atoms with E-state index in [0.29, 0.717) is 0 Å². The molecule has 0 atom stereocenters. The molecule has 0 bridgehead atoms. The second kappa shape index (κ2) is 5.01. The van der Waals surface area contributed by atoms with Crippen molar-refractivity contribution in [3.05, 3.63) is 59.4 Å². The van der Waals surface area contributed by atoms with Crippen LogP contribution in [0.4, 0.5) is 4.39 Å². The number of benzene rings is 2. The molecule has 2 rings (SSSR count). The fraction of sp³-hybridized carbons (Fsp3) is 0.143. The Kier molecular flexibility index (Phi) is 3.57. The average molecular weight is 280 g/mol. The summed E-state index contributed by atoms with van der Waals surface area (Å²) >= 11 is 0. The Hall–Kier alpha value is -1.88. The first-order valence-corrected chi connectivity index (χ1v) is 7.07. The van der Waals surface area contributed by atoms with Crippen LogP contribution in [0.1, 0.15) is 11.1 Å². The molecule has 0 amide bonds. The molecule has 5 heteroatoms. The Bertz CT molecular complexity index is 691. The van der Waals surface area contributed by atoms with Gasteiger partial charge in [0.2, 0.25) is 0 Å². The van der Waals surface area contributed by atoms with Crippen LogP contribution in [0.5, 0.6) is 5.75 Å². The molecule has 19 heavy (non-hydrogen) atoms. The summed E-state index contributed by atoms with van der Waals surface area (Å²) in [5, 5.41) is 0. The van der Waals surface area contributed by atoms with Crippen molar-refractivity contribution < 1.29 is 17.0 Å². The van der Waals surface area contributed by atoms with Crippen LogP contribution in [0.2, 0.25) is 0 Å². The van der Waals surface area contributed by atoms with E-state index >= 15 is 0 Å². The van der Waals surface area contributed by atoms with Gasteiger partial charge < -0.3 is 4.18 Å². The van der Waals surface area contributed by atoms with Crippen LogP contribution in [0, 0.1) is 19.7 Å². The van der Waals surface area contributed by atoms with Gasteiger partial charge >= 0.3 is 10.1 Å². The third kappa shape index (κ3) is 2.93. The lowest BCUT2D eigenvalue weighted by molar-refractivity contribution is 0.483. The molecule has 0 fully saturated rings. The molecule has 0 aliphatic heterocycles. The van der Waals surface area contributed by atoms with E-state index in [2.05, 4.69) is 0 Å². The standard InChI is InChI=1S/C14H13FO3S/c1-10-4-3-5-14(11(10)2)18-19(16,17)13-8-6-12(15)7-9-13/h3-9H,1-2H3. The van der Waals surface area contributed by atoms with Gasteiger partial charge in [0, 0.05) is 0 Å². The zero-order valence-corrected chi connectivity index (χ0v) is 11.4. The number of rotatable bonds is 3. The molecule has 0 aliphatic rings. The van der Waals surface area contributed by atoms with Gasteiger partial charge in [0.25, 0.3) is 0 Å². The number of halogens is 1. The van der Waals surface area contributed by atoms with E-state index < -0.39 is 15.9 Å². The highest BCUT2D eigenvalue weighted by Crippen LogP contribution is 2.24. The van der Waals surface area contributed by atoms with E-state index in [4.69, 9.17) is 4.18 Å². The van der Waals surface area contributed by atoms with Crippen LogP contribution in [-0.2, 0) is 10.1 Å². The molecule has 0 saturated heterocycles. The van der Waals surface area contributed by atoms with E-state index in [1.165, 1.54) is 12.1 Å². The molecule has 0 radical (unpaired) electrons. The van der Waals surface area contributed by atoms with Crippen molar-refractivity contribution >= 4 is 10.1 Å². The van der Waals surface area contributed by atoms with Gasteiger partial charge in [0.15, 0.2) is 0 Å². The van der Waals surface area contributed by atoms with Crippen molar-refractivity contribution in [3.63, 3.8) is 0 Å². The molecule has 100 valence electrons. The van der Waals surface area contributed by atoms with Gasteiger partial charge in [0.1, 0.15) is 16.5 Å². The molecule has 2 aromatic carbocycles. The Morgan fingerprint density at radius 1 is 1.00 bits per heavy atom. The summed E-state index contributed by atoms with van der Waals surface area (Å²) in [4.78, 5) is -0.0743. The largest absolute Gasteiger partial charge is 0.379 e. The van der Waals surface area contributed by atoms with Crippen LogP contribution in [0.15, 0.2) is 47.4 Å². The topological polar surface area (TPSA) is 43.4 Å². The Balaban J connectivity index is 2.36. The summed E-state index contributed by atoms with van der Waals surface area (Å²) in [6, 6.07) is 9.69. The zero-order chi connectivity index (χ0) is 14.0. The molecule has 0 aliphatic carbocycles. The quantitative estimate of drug-likeness (QED) is 0.811. The molecule has 0 saturated carbocycles. The van der Waals surface area contributed by atoms with Gasteiger partial charge in [-0.05, 0) is 55.3 Å². The van der Waals surface area contributed by atoms with Crippen LogP contribution in [-0.4, -0.2) is 8.42 Å². The second-order valence-electron chi connectivity index (χ2n) is 4.19. The highest BCUT2D eigenvalue weighted by Gasteiger charge is 2.18. The molecule has 3 nitrogen and oxygen atoms in total. The average Bonchev–Trinajstić information content (AvgIpc) is 2.35. The lowest BCUT2D eigenvalue weighted by Crippen LogP contribution is -2.10. The summed E-state index contributed by atoms with van der Waals surface area (Å²) in [6.45, 7) is 3.65. The minimum Gasteiger partial charge on any atom is -0.379 e. The van der Waals surface area contributed by atoms with Crippen LogP contribution < -0.4 is 4.18 Å². The Morgan fingerprint density at radius 2 is 1.63 bits per heavy atom. The maximum atomic E-state index is 12.8. The van der Waals surface area contributed by atoms with Crippen LogP contribution in [0.3, 0.4) is 0 Å². The van der Waals surface area contributed by atoms with Gasteiger partial charge in [-0.15, -0.1) is 0 Å². The first-order valence-electron chi connectivity index (χ1n) is 5.66. The van der Waals surface area contributed by atoms with Crippen LogP contribution in [0.25, 0.3) is 0 Å². The van der Waals surface area contributed by atoms with Crippen molar-refractivity contribution in [2.24, 2.45) is 0 Å². The molecule has 0 spiro atoms. The van der Waals surface area contributed by atoms with E-state index in [0.717, 1.165) is 23.3 Å². The Labute approximate surface area is 111 Å². The highest BCUT2D eigenvalue weighted by molar-refractivity contribution is 7.87. The van der Waals surface area contributed by atoms with Crippen molar-refractivity contribution in [1.82, 2.24) is 0 Å². The molecular weight excluding hydrogens is 267 g/mol. The van der Waals surface area contributed by atoms with Gasteiger partial charge in [-0.3, -0.25) is 0 Å². The lowest BCUT2D eigenvalue weighted by Gasteiger charge is -2.10. The van der Waals surface area contributed by atoms with E-state index in [1.54, 1.807) is 19.1 Å². The number of hydrogen-bond donors (Lipinski definition) is 0. The number of aryl methyl sites for hydroxylation is 1. The van der Waals surface area contributed by atoms with E-state index in [-0.39, 0.29) is 10.6 Å². The molecule has 0 N–H and O–H groups in total. The fourth-order valence-corrected chi connectivity index (χ4v) is 2.56. The summed E-state index contributed by atoms with van der Waals surface area (Å²) in [5.74, 6) is -0.213. The predicted molar refractivity (Wildman–Crippen MR) is 70.1 cm³/mol. The molecule has 2 aromatic rings. The van der Waals surface area contributed by atoms with Gasteiger partial charge in [-0.25, -0.2) is 4.39 Å². The smallest absolute Gasteiger partial charge is 0.339 e. The monoisotopic (exact) mass is 280 g/mol. The predicted octanol–water partition coefficient (Wildman–Crippen LogP) is 3.21. The summed E-state index contributed by atoms with van der Waals surface area (Å²) in [5.41, 5.74) is 1.69. The lowest BCUT2D eigenvalue weighted by atomic mass is 10.1. The van der Waals surface area contributed by atoms with E-state index in [1.807, 2.05) is 13.0 Å². The maximum absolute atomic E-state index is 12.8. The second-order valence-corrected chi connectivity index (χ2v) is 5.74. The third-order valence-electron chi connectivity index (χ3n) is 2.86. The normalized spacial score (nSPS) is 11.3. The van der Waals surface area contributed by atoms with Crippen molar-refractivity contribution in [2.75, 3.05) is 0 Å². The number of hydrogen-bond acceptors (Lipinski definition) is 3. The highest BCUT2D eigenvalue weighted by atomic mass is 32.2.